The van der Waals surface area contributed by atoms with Gasteiger partial charge in [-0.3, -0.25) is 4.79 Å². The van der Waals surface area contributed by atoms with Crippen molar-refractivity contribution in [2.24, 2.45) is 0 Å². The van der Waals surface area contributed by atoms with Crippen LogP contribution >= 0.6 is 11.5 Å². The summed E-state index contributed by atoms with van der Waals surface area (Å²) in [6.45, 7) is 1.33. The first kappa shape index (κ1) is 20.8. The van der Waals surface area contributed by atoms with E-state index in [4.69, 9.17) is 4.98 Å². The molecule has 0 spiro atoms. The van der Waals surface area contributed by atoms with E-state index in [2.05, 4.69) is 34.0 Å². The van der Waals surface area contributed by atoms with Gasteiger partial charge in [-0.1, -0.05) is 91.0 Å². The number of rotatable bonds is 9. The van der Waals surface area contributed by atoms with Crippen molar-refractivity contribution in [3.8, 4) is 0 Å². The molecule has 6 heteroatoms. The van der Waals surface area contributed by atoms with Crippen molar-refractivity contribution in [3.05, 3.63) is 114 Å². The van der Waals surface area contributed by atoms with Crippen molar-refractivity contribution >= 4 is 22.6 Å². The molecule has 1 N–H and O–H groups in total. The lowest BCUT2D eigenvalue weighted by atomic mass is 10.1. The van der Waals surface area contributed by atoms with Crippen LogP contribution in [0.4, 0.5) is 5.13 Å². The Hall–Kier alpha value is -3.51. The lowest BCUT2D eigenvalue weighted by Crippen LogP contribution is -2.36. The first-order chi connectivity index (χ1) is 15.3. The van der Waals surface area contributed by atoms with Crippen LogP contribution in [0.25, 0.3) is 0 Å². The monoisotopic (exact) mass is 428 g/mol. The summed E-state index contributed by atoms with van der Waals surface area (Å²) in [7, 11) is 0. The fourth-order valence-corrected chi connectivity index (χ4v) is 3.93. The topological polar surface area (TPSA) is 58.1 Å². The zero-order chi connectivity index (χ0) is 21.3. The van der Waals surface area contributed by atoms with E-state index in [1.807, 2.05) is 71.6 Å². The molecule has 0 atom stereocenters. The first-order valence-electron chi connectivity index (χ1n) is 10.2. The molecule has 3 aromatic carbocycles. The van der Waals surface area contributed by atoms with Crippen molar-refractivity contribution < 1.29 is 4.79 Å². The number of aromatic nitrogens is 2. The third kappa shape index (κ3) is 6.23. The van der Waals surface area contributed by atoms with Crippen LogP contribution in [-0.2, 0) is 24.3 Å². The highest BCUT2D eigenvalue weighted by atomic mass is 32.1. The molecule has 5 nitrogen and oxygen atoms in total. The van der Waals surface area contributed by atoms with Gasteiger partial charge >= 0.3 is 0 Å². The molecule has 0 radical (unpaired) electrons. The van der Waals surface area contributed by atoms with Gasteiger partial charge in [0, 0.05) is 31.0 Å². The number of amides is 1. The number of hydrogen-bond donors (Lipinski definition) is 1. The SMILES string of the molecule is O=C(CN(Cc1ccccc1)c1nc(Cc2ccccc2)ns1)NCc1ccccc1. The summed E-state index contributed by atoms with van der Waals surface area (Å²) in [4.78, 5) is 19.4. The number of benzene rings is 3. The van der Waals surface area contributed by atoms with Gasteiger partial charge in [0.1, 0.15) is 5.82 Å². The van der Waals surface area contributed by atoms with E-state index in [-0.39, 0.29) is 12.5 Å². The van der Waals surface area contributed by atoms with Crippen molar-refractivity contribution in [3.63, 3.8) is 0 Å². The molecule has 0 unspecified atom stereocenters. The van der Waals surface area contributed by atoms with Gasteiger partial charge in [-0.25, -0.2) is 4.98 Å². The van der Waals surface area contributed by atoms with Gasteiger partial charge in [-0.05, 0) is 16.7 Å². The second-order valence-corrected chi connectivity index (χ2v) is 7.99. The predicted octanol–water partition coefficient (Wildman–Crippen LogP) is 4.45. The van der Waals surface area contributed by atoms with E-state index in [0.29, 0.717) is 19.5 Å². The average Bonchev–Trinajstić information content (AvgIpc) is 3.28. The number of carbonyl (C=O) groups excluding carboxylic acids is 1. The maximum atomic E-state index is 12.7. The Morgan fingerprint density at radius 2 is 1.39 bits per heavy atom. The van der Waals surface area contributed by atoms with Crippen LogP contribution in [0.2, 0.25) is 0 Å². The van der Waals surface area contributed by atoms with E-state index in [0.717, 1.165) is 22.1 Å². The van der Waals surface area contributed by atoms with Gasteiger partial charge in [0.25, 0.3) is 0 Å². The number of nitrogens with zero attached hydrogens (tertiary/aromatic N) is 3. The molecule has 0 saturated carbocycles. The minimum Gasteiger partial charge on any atom is -0.350 e. The Kier molecular flexibility index (Phi) is 7.03. The second-order valence-electron chi connectivity index (χ2n) is 7.26. The maximum Gasteiger partial charge on any atom is 0.239 e. The predicted molar refractivity (Wildman–Crippen MR) is 125 cm³/mol. The van der Waals surface area contributed by atoms with Gasteiger partial charge in [-0.2, -0.15) is 4.37 Å². The molecular formula is C25H24N4OS. The number of hydrogen-bond acceptors (Lipinski definition) is 5. The van der Waals surface area contributed by atoms with Crippen LogP contribution < -0.4 is 10.2 Å². The Balaban J connectivity index is 1.45. The van der Waals surface area contributed by atoms with Gasteiger partial charge in [0.2, 0.25) is 11.0 Å². The molecule has 156 valence electrons. The third-order valence-electron chi connectivity index (χ3n) is 4.82. The zero-order valence-electron chi connectivity index (χ0n) is 17.1. The summed E-state index contributed by atoms with van der Waals surface area (Å²) < 4.78 is 4.53. The number of anilines is 1. The second kappa shape index (κ2) is 10.5. The number of nitrogens with one attached hydrogen (secondary N) is 1. The molecule has 1 heterocycles. The van der Waals surface area contributed by atoms with E-state index in [9.17, 15) is 4.79 Å². The zero-order valence-corrected chi connectivity index (χ0v) is 18.0. The smallest absolute Gasteiger partial charge is 0.239 e. The molecule has 0 fully saturated rings. The van der Waals surface area contributed by atoms with E-state index < -0.39 is 0 Å². The molecule has 1 amide bonds. The van der Waals surface area contributed by atoms with Crippen LogP contribution in [0.15, 0.2) is 91.0 Å². The van der Waals surface area contributed by atoms with E-state index in [1.54, 1.807) is 0 Å². The largest absolute Gasteiger partial charge is 0.350 e. The summed E-state index contributed by atoms with van der Waals surface area (Å²) in [5.41, 5.74) is 3.37. The van der Waals surface area contributed by atoms with Crippen LogP contribution in [0.3, 0.4) is 0 Å². The lowest BCUT2D eigenvalue weighted by molar-refractivity contribution is -0.119. The highest BCUT2D eigenvalue weighted by molar-refractivity contribution is 7.09. The highest BCUT2D eigenvalue weighted by Gasteiger charge is 2.17. The lowest BCUT2D eigenvalue weighted by Gasteiger charge is -2.21. The molecule has 0 aliphatic rings. The fraction of sp³-hybridized carbons (Fsp3) is 0.160. The minimum absolute atomic E-state index is 0.0420. The van der Waals surface area contributed by atoms with Crippen molar-refractivity contribution in [1.82, 2.24) is 14.7 Å². The van der Waals surface area contributed by atoms with Gasteiger partial charge < -0.3 is 10.2 Å². The molecule has 1 aromatic heterocycles. The summed E-state index contributed by atoms with van der Waals surface area (Å²) in [5.74, 6) is 0.730. The molecule has 4 aromatic rings. The molecular weight excluding hydrogens is 404 g/mol. The fourth-order valence-electron chi connectivity index (χ4n) is 3.24. The molecule has 0 saturated heterocycles. The molecule has 0 aliphatic heterocycles. The molecule has 4 rings (SSSR count). The quantitative estimate of drug-likeness (QED) is 0.428. The molecule has 0 bridgehead atoms. The Morgan fingerprint density at radius 3 is 2.03 bits per heavy atom. The van der Waals surface area contributed by atoms with Crippen molar-refractivity contribution in [2.45, 2.75) is 19.5 Å². The first-order valence-corrected chi connectivity index (χ1v) is 11.0. The van der Waals surface area contributed by atoms with Crippen LogP contribution in [0.1, 0.15) is 22.5 Å². The average molecular weight is 429 g/mol. The van der Waals surface area contributed by atoms with Crippen LogP contribution in [0, 0.1) is 0 Å². The van der Waals surface area contributed by atoms with E-state index in [1.165, 1.54) is 17.1 Å². The standard InChI is InChI=1S/C25H24N4OS/c30-24(26-17-21-12-6-2-7-13-21)19-29(18-22-14-8-3-9-15-22)25-27-23(28-31-25)16-20-10-4-1-5-11-20/h1-15H,16-19H2,(H,26,30). The van der Waals surface area contributed by atoms with Crippen molar-refractivity contribution in [1.29, 1.82) is 0 Å². The maximum absolute atomic E-state index is 12.7. The van der Waals surface area contributed by atoms with E-state index >= 15 is 0 Å². The molecule has 0 aliphatic carbocycles. The van der Waals surface area contributed by atoms with Gasteiger partial charge in [0.15, 0.2) is 0 Å². The van der Waals surface area contributed by atoms with Crippen LogP contribution in [0.5, 0.6) is 0 Å². The summed E-state index contributed by atoms with van der Waals surface area (Å²) in [6, 6.07) is 30.2. The summed E-state index contributed by atoms with van der Waals surface area (Å²) in [5, 5.41) is 3.76. The third-order valence-corrected chi connectivity index (χ3v) is 5.63. The normalized spacial score (nSPS) is 10.6. The van der Waals surface area contributed by atoms with Crippen LogP contribution in [-0.4, -0.2) is 21.8 Å². The number of carbonyl (C=O) groups is 1. The minimum atomic E-state index is -0.0420. The summed E-state index contributed by atoms with van der Waals surface area (Å²) in [6.07, 6.45) is 0.677. The highest BCUT2D eigenvalue weighted by Crippen LogP contribution is 2.21. The Morgan fingerprint density at radius 1 is 0.806 bits per heavy atom. The summed E-state index contributed by atoms with van der Waals surface area (Å²) >= 11 is 1.34. The van der Waals surface area contributed by atoms with Gasteiger partial charge in [-0.15, -0.1) is 0 Å². The molecule has 31 heavy (non-hydrogen) atoms. The Bertz CT molecular complexity index is 1080. The van der Waals surface area contributed by atoms with Crippen molar-refractivity contribution in [2.75, 3.05) is 11.4 Å². The Labute approximate surface area is 186 Å². The van der Waals surface area contributed by atoms with Gasteiger partial charge in [0.05, 0.1) is 6.54 Å².